The average molecular weight is 578 g/mol. The van der Waals surface area contributed by atoms with Crippen molar-refractivity contribution >= 4 is 55.9 Å². The monoisotopic (exact) mass is 578 g/mol. The molecule has 33 heavy (non-hydrogen) atoms. The Labute approximate surface area is 207 Å². The van der Waals surface area contributed by atoms with Crippen molar-refractivity contribution in [1.82, 2.24) is 0 Å². The van der Waals surface area contributed by atoms with Crippen molar-refractivity contribution in [3.63, 3.8) is 0 Å². The molecule has 172 valence electrons. The molecule has 0 radical (unpaired) electrons. The minimum atomic E-state index is -4.00. The summed E-state index contributed by atoms with van der Waals surface area (Å²) in [6.45, 7) is 3.20. The maximum atomic E-state index is 13.4. The molecule has 0 aliphatic rings. The van der Waals surface area contributed by atoms with Gasteiger partial charge in [0.05, 0.1) is 22.8 Å². The lowest BCUT2D eigenvalue weighted by Gasteiger charge is -2.24. The molecule has 0 fully saturated rings. The summed E-state index contributed by atoms with van der Waals surface area (Å²) in [6, 6.07) is 19.7. The largest absolute Gasteiger partial charge is 0.462 e. The van der Waals surface area contributed by atoms with E-state index in [9.17, 15) is 18.0 Å². The van der Waals surface area contributed by atoms with Crippen molar-refractivity contribution in [2.45, 2.75) is 18.7 Å². The van der Waals surface area contributed by atoms with E-state index in [1.165, 1.54) is 12.1 Å². The maximum Gasteiger partial charge on any atom is 0.338 e. The number of benzene rings is 3. The number of sulfonamides is 1. The van der Waals surface area contributed by atoms with Gasteiger partial charge in [-0.1, -0.05) is 24.3 Å². The number of rotatable bonds is 8. The number of nitrogens with one attached hydrogen (secondary N) is 1. The summed E-state index contributed by atoms with van der Waals surface area (Å²) in [7, 11) is -4.00. The van der Waals surface area contributed by atoms with Crippen LogP contribution in [0.1, 0.15) is 22.8 Å². The fraction of sp³-hybridized carbons (Fsp3) is 0.167. The lowest BCUT2D eigenvalue weighted by Crippen LogP contribution is -2.38. The zero-order chi connectivity index (χ0) is 24.0. The summed E-state index contributed by atoms with van der Waals surface area (Å²) in [5.41, 5.74) is 1.65. The summed E-state index contributed by atoms with van der Waals surface area (Å²) < 4.78 is 33.8. The average Bonchev–Trinajstić information content (AvgIpc) is 2.80. The molecule has 0 atom stereocenters. The Morgan fingerprint density at radius 1 is 0.970 bits per heavy atom. The molecule has 0 unspecified atom stereocenters. The molecule has 3 aromatic carbocycles. The molecule has 1 amide bonds. The number of anilines is 2. The van der Waals surface area contributed by atoms with Crippen molar-refractivity contribution in [3.8, 4) is 0 Å². The van der Waals surface area contributed by atoms with Crippen LogP contribution in [0.25, 0.3) is 0 Å². The number of ether oxygens (including phenoxy) is 1. The van der Waals surface area contributed by atoms with Crippen LogP contribution in [-0.2, 0) is 19.6 Å². The van der Waals surface area contributed by atoms with E-state index in [0.29, 0.717) is 22.5 Å². The topological polar surface area (TPSA) is 92.8 Å². The van der Waals surface area contributed by atoms with Crippen LogP contribution in [0.4, 0.5) is 11.4 Å². The third kappa shape index (κ3) is 5.91. The Bertz CT molecular complexity index is 1250. The van der Waals surface area contributed by atoms with Crippen LogP contribution in [0.2, 0.25) is 0 Å². The Kier molecular flexibility index (Phi) is 8.09. The van der Waals surface area contributed by atoms with E-state index in [4.69, 9.17) is 4.74 Å². The fourth-order valence-corrected chi connectivity index (χ4v) is 4.96. The highest BCUT2D eigenvalue weighted by Crippen LogP contribution is 2.25. The van der Waals surface area contributed by atoms with Gasteiger partial charge < -0.3 is 10.1 Å². The Morgan fingerprint density at radius 3 is 2.27 bits per heavy atom. The van der Waals surface area contributed by atoms with E-state index < -0.39 is 28.4 Å². The minimum Gasteiger partial charge on any atom is -0.462 e. The Balaban J connectivity index is 1.91. The minimum absolute atomic E-state index is 0.0804. The first-order valence-corrected chi connectivity index (χ1v) is 12.7. The van der Waals surface area contributed by atoms with Crippen LogP contribution in [0.5, 0.6) is 0 Å². The molecular weight excluding hydrogens is 555 g/mol. The van der Waals surface area contributed by atoms with Gasteiger partial charge in [-0.05, 0) is 90.5 Å². The summed E-state index contributed by atoms with van der Waals surface area (Å²) in [6.07, 6.45) is 0. The van der Waals surface area contributed by atoms with Crippen molar-refractivity contribution in [2.24, 2.45) is 0 Å². The second-order valence-electron chi connectivity index (χ2n) is 7.05. The lowest BCUT2D eigenvalue weighted by molar-refractivity contribution is -0.114. The molecule has 0 aromatic heterocycles. The highest BCUT2D eigenvalue weighted by molar-refractivity contribution is 14.1. The van der Waals surface area contributed by atoms with Crippen LogP contribution in [0.3, 0.4) is 0 Å². The Morgan fingerprint density at radius 2 is 1.64 bits per heavy atom. The standard InChI is InChI=1S/C24H23IN2O5S/c1-3-32-24(29)21-10-7-11-22(17(21)2)26-23(28)16-27(19-14-12-18(25)13-15-19)33(30,31)20-8-5-4-6-9-20/h4-15H,3,16H2,1-2H3,(H,26,28). The van der Waals surface area contributed by atoms with Crippen molar-refractivity contribution < 1.29 is 22.7 Å². The van der Waals surface area contributed by atoms with Gasteiger partial charge >= 0.3 is 5.97 Å². The predicted molar refractivity (Wildman–Crippen MR) is 136 cm³/mol. The van der Waals surface area contributed by atoms with Gasteiger partial charge in [0.2, 0.25) is 5.91 Å². The second kappa shape index (κ2) is 10.8. The molecule has 0 saturated carbocycles. The third-order valence-electron chi connectivity index (χ3n) is 4.84. The molecular formula is C24H23IN2O5S. The van der Waals surface area contributed by atoms with Crippen LogP contribution in [0.15, 0.2) is 77.7 Å². The van der Waals surface area contributed by atoms with E-state index in [1.54, 1.807) is 74.5 Å². The molecule has 3 rings (SSSR count). The first-order chi connectivity index (χ1) is 15.7. The van der Waals surface area contributed by atoms with Crippen LogP contribution in [0, 0.1) is 10.5 Å². The molecule has 0 aliphatic carbocycles. The predicted octanol–water partition coefficient (Wildman–Crippen LogP) is 4.61. The zero-order valence-corrected chi connectivity index (χ0v) is 21.1. The van der Waals surface area contributed by atoms with Gasteiger partial charge in [0, 0.05) is 9.26 Å². The van der Waals surface area contributed by atoms with Gasteiger partial charge in [-0.25, -0.2) is 13.2 Å². The zero-order valence-electron chi connectivity index (χ0n) is 18.1. The molecule has 0 bridgehead atoms. The van der Waals surface area contributed by atoms with Gasteiger partial charge in [-0.2, -0.15) is 0 Å². The molecule has 3 aromatic rings. The van der Waals surface area contributed by atoms with E-state index in [2.05, 4.69) is 27.9 Å². The van der Waals surface area contributed by atoms with E-state index in [1.807, 2.05) is 0 Å². The number of nitrogens with zero attached hydrogens (tertiary/aromatic N) is 1. The number of esters is 1. The molecule has 9 heteroatoms. The summed E-state index contributed by atoms with van der Waals surface area (Å²) in [4.78, 5) is 25.2. The van der Waals surface area contributed by atoms with E-state index >= 15 is 0 Å². The van der Waals surface area contributed by atoms with Crippen LogP contribution >= 0.6 is 22.6 Å². The number of hydrogen-bond acceptors (Lipinski definition) is 5. The SMILES string of the molecule is CCOC(=O)c1cccc(NC(=O)CN(c2ccc(I)cc2)S(=O)(=O)c2ccccc2)c1C. The number of carbonyl (C=O) groups excluding carboxylic acids is 2. The Hall–Kier alpha value is -2.92. The van der Waals surface area contributed by atoms with Crippen molar-refractivity contribution in [3.05, 3.63) is 87.5 Å². The van der Waals surface area contributed by atoms with Crippen LogP contribution < -0.4 is 9.62 Å². The van der Waals surface area contributed by atoms with Gasteiger partial charge in [0.25, 0.3) is 10.0 Å². The number of carbonyl (C=O) groups is 2. The van der Waals surface area contributed by atoms with Crippen LogP contribution in [-0.4, -0.2) is 33.4 Å². The highest BCUT2D eigenvalue weighted by Gasteiger charge is 2.27. The van der Waals surface area contributed by atoms with Crippen molar-refractivity contribution in [2.75, 3.05) is 22.8 Å². The van der Waals surface area contributed by atoms with Crippen molar-refractivity contribution in [1.29, 1.82) is 0 Å². The molecule has 7 nitrogen and oxygen atoms in total. The molecule has 0 saturated heterocycles. The van der Waals surface area contributed by atoms with Gasteiger partial charge in [0.1, 0.15) is 6.54 Å². The summed E-state index contributed by atoms with van der Waals surface area (Å²) >= 11 is 2.13. The smallest absolute Gasteiger partial charge is 0.338 e. The van der Waals surface area contributed by atoms with E-state index in [0.717, 1.165) is 7.88 Å². The molecule has 0 spiro atoms. The maximum absolute atomic E-state index is 13.4. The number of hydrogen-bond donors (Lipinski definition) is 1. The van der Waals surface area contributed by atoms with Gasteiger partial charge in [0.15, 0.2) is 0 Å². The lowest BCUT2D eigenvalue weighted by atomic mass is 10.1. The molecule has 1 N–H and O–H groups in total. The first kappa shape index (κ1) is 24.7. The fourth-order valence-electron chi connectivity index (χ4n) is 3.16. The molecule has 0 heterocycles. The quantitative estimate of drug-likeness (QED) is 0.312. The second-order valence-corrected chi connectivity index (χ2v) is 10.2. The normalized spacial score (nSPS) is 11.0. The summed E-state index contributed by atoms with van der Waals surface area (Å²) in [5.74, 6) is -1.03. The van der Waals surface area contributed by atoms with E-state index in [-0.39, 0.29) is 11.5 Å². The van der Waals surface area contributed by atoms with Gasteiger partial charge in [-0.15, -0.1) is 0 Å². The highest BCUT2D eigenvalue weighted by atomic mass is 127. The first-order valence-electron chi connectivity index (χ1n) is 10.1. The number of halogens is 1. The summed E-state index contributed by atoms with van der Waals surface area (Å²) in [5, 5.41) is 2.73. The third-order valence-corrected chi connectivity index (χ3v) is 7.34. The number of amides is 1. The molecule has 0 aliphatic heterocycles. The van der Waals surface area contributed by atoms with Gasteiger partial charge in [-0.3, -0.25) is 9.10 Å².